The monoisotopic (exact) mass is 342 g/mol. The quantitative estimate of drug-likeness (QED) is 0.652. The zero-order valence-electron chi connectivity index (χ0n) is 13.4. The molecule has 0 saturated heterocycles. The van der Waals surface area contributed by atoms with Gasteiger partial charge in [0.2, 0.25) is 15.9 Å². The number of hydrogen-bond acceptors (Lipinski definition) is 4. The fourth-order valence-electron chi connectivity index (χ4n) is 2.17. The van der Waals surface area contributed by atoms with Crippen LogP contribution in [0.4, 0.5) is 0 Å². The van der Waals surface area contributed by atoms with Crippen molar-refractivity contribution in [2.75, 3.05) is 6.54 Å². The third kappa shape index (κ3) is 5.33. The van der Waals surface area contributed by atoms with Crippen LogP contribution in [0.15, 0.2) is 23.1 Å². The lowest BCUT2D eigenvalue weighted by Gasteiger charge is -2.16. The molecule has 0 aromatic heterocycles. The summed E-state index contributed by atoms with van der Waals surface area (Å²) in [6.07, 6.45) is 0.359. The molecule has 0 fully saturated rings. The van der Waals surface area contributed by atoms with E-state index in [0.717, 1.165) is 0 Å². The lowest BCUT2D eigenvalue weighted by molar-refractivity contribution is -0.142. The molecule has 1 amide bonds. The maximum atomic E-state index is 12.3. The Morgan fingerprint density at radius 1 is 1.30 bits per heavy atom. The molecular weight excluding hydrogens is 320 g/mol. The highest BCUT2D eigenvalue weighted by molar-refractivity contribution is 7.89. The summed E-state index contributed by atoms with van der Waals surface area (Å²) in [6, 6.07) is 4.03. The molecule has 8 heteroatoms. The van der Waals surface area contributed by atoms with Crippen molar-refractivity contribution in [1.82, 2.24) is 4.72 Å². The van der Waals surface area contributed by atoms with Crippen LogP contribution in [0.25, 0.3) is 0 Å². The van der Waals surface area contributed by atoms with Crippen molar-refractivity contribution in [2.24, 2.45) is 17.6 Å². The van der Waals surface area contributed by atoms with Gasteiger partial charge >= 0.3 is 5.97 Å². The van der Waals surface area contributed by atoms with Gasteiger partial charge in [0.15, 0.2) is 0 Å². The molecule has 0 spiro atoms. The molecular formula is C15H22N2O5S. The number of benzene rings is 1. The Bertz CT molecular complexity index is 698. The number of nitrogens with one attached hydrogen (secondary N) is 1. The predicted molar refractivity (Wildman–Crippen MR) is 85.5 cm³/mol. The van der Waals surface area contributed by atoms with E-state index in [4.69, 9.17) is 10.8 Å². The van der Waals surface area contributed by atoms with Crippen molar-refractivity contribution in [3.8, 4) is 0 Å². The van der Waals surface area contributed by atoms with E-state index in [9.17, 15) is 18.0 Å². The summed E-state index contributed by atoms with van der Waals surface area (Å²) in [5.41, 5.74) is 5.90. The third-order valence-corrected chi connectivity index (χ3v) is 4.83. The summed E-state index contributed by atoms with van der Waals surface area (Å²) in [5, 5.41) is 9.15. The Morgan fingerprint density at radius 3 is 2.39 bits per heavy atom. The van der Waals surface area contributed by atoms with E-state index in [1.54, 1.807) is 6.92 Å². The highest BCUT2D eigenvalue weighted by atomic mass is 32.2. The van der Waals surface area contributed by atoms with Crippen molar-refractivity contribution in [3.05, 3.63) is 29.3 Å². The van der Waals surface area contributed by atoms with Gasteiger partial charge < -0.3 is 10.8 Å². The third-order valence-electron chi connectivity index (χ3n) is 3.41. The largest absolute Gasteiger partial charge is 0.481 e. The van der Waals surface area contributed by atoms with Crippen LogP contribution in [-0.2, 0) is 14.8 Å². The molecule has 1 rings (SSSR count). The van der Waals surface area contributed by atoms with Crippen LogP contribution in [0, 0.1) is 18.8 Å². The summed E-state index contributed by atoms with van der Waals surface area (Å²) >= 11 is 0. The van der Waals surface area contributed by atoms with E-state index in [2.05, 4.69) is 4.72 Å². The Kier molecular flexibility index (Phi) is 6.28. The van der Waals surface area contributed by atoms with E-state index in [-0.39, 0.29) is 22.9 Å². The maximum Gasteiger partial charge on any atom is 0.307 e. The molecule has 0 radical (unpaired) electrons. The SMILES string of the molecule is Cc1ccc(S(=O)(=O)NCC(CC(C)C)C(=O)O)cc1C(N)=O. The number of hydrogen-bond donors (Lipinski definition) is 3. The number of carboxylic acid groups (broad SMARTS) is 1. The molecule has 4 N–H and O–H groups in total. The topological polar surface area (TPSA) is 127 Å². The number of carboxylic acids is 1. The highest BCUT2D eigenvalue weighted by Gasteiger charge is 2.23. The minimum atomic E-state index is -3.92. The van der Waals surface area contributed by atoms with Crippen LogP contribution in [0.1, 0.15) is 36.2 Å². The van der Waals surface area contributed by atoms with E-state index in [1.807, 2.05) is 13.8 Å². The maximum absolute atomic E-state index is 12.3. The van der Waals surface area contributed by atoms with Crippen LogP contribution >= 0.6 is 0 Å². The van der Waals surface area contributed by atoms with E-state index in [1.165, 1.54) is 18.2 Å². The number of carbonyl (C=O) groups is 2. The first-order chi connectivity index (χ1) is 10.5. The Hall–Kier alpha value is -1.93. The van der Waals surface area contributed by atoms with Gasteiger partial charge in [0, 0.05) is 12.1 Å². The number of nitrogens with two attached hydrogens (primary N) is 1. The summed E-state index contributed by atoms with van der Waals surface area (Å²) in [4.78, 5) is 22.4. The molecule has 23 heavy (non-hydrogen) atoms. The number of sulfonamides is 1. The standard InChI is InChI=1S/C15H22N2O5S/c1-9(2)6-11(15(19)20)8-17-23(21,22)12-5-4-10(3)13(7-12)14(16)18/h4-5,7,9,11,17H,6,8H2,1-3H3,(H2,16,18)(H,19,20). The summed E-state index contributed by atoms with van der Waals surface area (Å²) in [5.74, 6) is -2.46. The number of primary amides is 1. The molecule has 0 saturated carbocycles. The molecule has 1 unspecified atom stereocenters. The lowest BCUT2D eigenvalue weighted by Crippen LogP contribution is -2.33. The van der Waals surface area contributed by atoms with Crippen LogP contribution in [0.3, 0.4) is 0 Å². The highest BCUT2D eigenvalue weighted by Crippen LogP contribution is 2.17. The lowest BCUT2D eigenvalue weighted by atomic mass is 9.98. The van der Waals surface area contributed by atoms with Crippen LogP contribution in [-0.4, -0.2) is 31.9 Å². The molecule has 0 bridgehead atoms. The average molecular weight is 342 g/mol. The number of aliphatic carboxylic acids is 1. The smallest absolute Gasteiger partial charge is 0.307 e. The normalized spacial score (nSPS) is 13.0. The van der Waals surface area contributed by atoms with E-state index < -0.39 is 27.8 Å². The summed E-state index contributed by atoms with van der Waals surface area (Å²) < 4.78 is 26.8. The second kappa shape index (κ2) is 7.56. The van der Waals surface area contributed by atoms with Gasteiger partial charge in [-0.3, -0.25) is 9.59 Å². The number of aryl methyl sites for hydroxylation is 1. The van der Waals surface area contributed by atoms with Crippen molar-refractivity contribution in [1.29, 1.82) is 0 Å². The minimum absolute atomic E-state index is 0.116. The molecule has 0 heterocycles. The summed E-state index contributed by atoms with van der Waals surface area (Å²) in [7, 11) is -3.92. The molecule has 1 aromatic carbocycles. The van der Waals surface area contributed by atoms with Gasteiger partial charge in [-0.25, -0.2) is 13.1 Å². The zero-order valence-corrected chi connectivity index (χ0v) is 14.2. The van der Waals surface area contributed by atoms with Crippen LogP contribution in [0.5, 0.6) is 0 Å². The van der Waals surface area contributed by atoms with Gasteiger partial charge in [-0.2, -0.15) is 0 Å². The fraction of sp³-hybridized carbons (Fsp3) is 0.467. The molecule has 7 nitrogen and oxygen atoms in total. The first kappa shape index (κ1) is 19.1. The van der Waals surface area contributed by atoms with Gasteiger partial charge in [-0.1, -0.05) is 19.9 Å². The van der Waals surface area contributed by atoms with Gasteiger partial charge in [-0.15, -0.1) is 0 Å². The van der Waals surface area contributed by atoms with Gasteiger partial charge in [0.1, 0.15) is 0 Å². The first-order valence-corrected chi connectivity index (χ1v) is 8.65. The van der Waals surface area contributed by atoms with Crippen LogP contribution in [0.2, 0.25) is 0 Å². The first-order valence-electron chi connectivity index (χ1n) is 7.17. The Morgan fingerprint density at radius 2 is 1.91 bits per heavy atom. The second-order valence-corrected chi connectivity index (χ2v) is 7.62. The second-order valence-electron chi connectivity index (χ2n) is 5.86. The Balaban J connectivity index is 2.97. The molecule has 1 atom stereocenters. The van der Waals surface area contributed by atoms with E-state index in [0.29, 0.717) is 12.0 Å². The zero-order chi connectivity index (χ0) is 17.8. The van der Waals surface area contributed by atoms with Crippen molar-refractivity contribution >= 4 is 21.9 Å². The minimum Gasteiger partial charge on any atom is -0.481 e. The molecule has 128 valence electrons. The molecule has 0 aliphatic rings. The average Bonchev–Trinajstić information content (AvgIpc) is 2.42. The number of carbonyl (C=O) groups excluding carboxylic acids is 1. The molecule has 0 aliphatic heterocycles. The van der Waals surface area contributed by atoms with Gasteiger partial charge in [-0.05, 0) is 37.0 Å². The van der Waals surface area contributed by atoms with Crippen molar-refractivity contribution in [3.63, 3.8) is 0 Å². The van der Waals surface area contributed by atoms with Crippen LogP contribution < -0.4 is 10.5 Å². The summed E-state index contributed by atoms with van der Waals surface area (Å²) in [6.45, 7) is 5.16. The van der Waals surface area contributed by atoms with Crippen molar-refractivity contribution in [2.45, 2.75) is 32.1 Å². The fourth-order valence-corrected chi connectivity index (χ4v) is 3.28. The van der Waals surface area contributed by atoms with Crippen molar-refractivity contribution < 1.29 is 23.1 Å². The molecule has 1 aromatic rings. The Labute approximate surface area is 135 Å². The predicted octanol–water partition coefficient (Wildman–Crippen LogP) is 1.12. The molecule has 0 aliphatic carbocycles. The van der Waals surface area contributed by atoms with E-state index >= 15 is 0 Å². The van der Waals surface area contributed by atoms with Gasteiger partial charge in [0.25, 0.3) is 0 Å². The number of rotatable bonds is 8. The number of amides is 1. The van der Waals surface area contributed by atoms with Gasteiger partial charge in [0.05, 0.1) is 10.8 Å².